The Labute approximate surface area is 331 Å². The van der Waals surface area contributed by atoms with Gasteiger partial charge in [-0.15, -0.1) is 11.3 Å². The van der Waals surface area contributed by atoms with Gasteiger partial charge >= 0.3 is 0 Å². The van der Waals surface area contributed by atoms with Crippen LogP contribution in [0.3, 0.4) is 0 Å². The largest absolute Gasteiger partial charge is 0.309 e. The highest BCUT2D eigenvalue weighted by molar-refractivity contribution is 7.25. The van der Waals surface area contributed by atoms with E-state index in [-0.39, 0.29) is 0 Å². The lowest BCUT2D eigenvalue weighted by molar-refractivity contribution is 1.07. The fourth-order valence-electron chi connectivity index (χ4n) is 8.62. The van der Waals surface area contributed by atoms with Gasteiger partial charge < -0.3 is 9.13 Å². The van der Waals surface area contributed by atoms with E-state index in [9.17, 15) is 0 Å². The molecule has 0 aliphatic rings. The first kappa shape index (κ1) is 31.9. The van der Waals surface area contributed by atoms with Crippen molar-refractivity contribution < 1.29 is 0 Å². The number of thiophene rings is 1. The number of nitrogens with zero attached hydrogens (tertiary/aromatic N) is 5. The predicted molar refractivity (Wildman–Crippen MR) is 238 cm³/mol. The summed E-state index contributed by atoms with van der Waals surface area (Å²) in [5.74, 6) is 1.94. The molecule has 0 aliphatic carbocycles. The van der Waals surface area contributed by atoms with Crippen LogP contribution in [0.4, 0.5) is 0 Å². The summed E-state index contributed by atoms with van der Waals surface area (Å²) in [6, 6.07) is 66.7. The summed E-state index contributed by atoms with van der Waals surface area (Å²) >= 11 is 1.86. The summed E-state index contributed by atoms with van der Waals surface area (Å²) < 4.78 is 7.46. The number of hydrogen-bond donors (Lipinski definition) is 0. The van der Waals surface area contributed by atoms with E-state index in [0.717, 1.165) is 33.4 Å². The minimum atomic E-state index is 0.639. The van der Waals surface area contributed by atoms with Crippen LogP contribution in [0.1, 0.15) is 0 Å². The van der Waals surface area contributed by atoms with Crippen LogP contribution in [0.2, 0.25) is 0 Å². The van der Waals surface area contributed by atoms with E-state index < -0.39 is 0 Å². The van der Waals surface area contributed by atoms with Crippen molar-refractivity contribution in [2.75, 3.05) is 0 Å². The third kappa shape index (κ3) is 4.98. The molecule has 0 fully saturated rings. The lowest BCUT2D eigenvalue weighted by Gasteiger charge is -2.11. The van der Waals surface area contributed by atoms with Crippen LogP contribution in [0.25, 0.3) is 109 Å². The van der Waals surface area contributed by atoms with Crippen molar-refractivity contribution >= 4 is 75.1 Å². The van der Waals surface area contributed by atoms with Crippen molar-refractivity contribution in [1.82, 2.24) is 24.1 Å². The van der Waals surface area contributed by atoms with Crippen molar-refractivity contribution in [3.8, 4) is 45.5 Å². The van der Waals surface area contributed by atoms with E-state index in [4.69, 9.17) is 15.0 Å². The average Bonchev–Trinajstić information content (AvgIpc) is 3.94. The lowest BCUT2D eigenvalue weighted by atomic mass is 10.1. The van der Waals surface area contributed by atoms with E-state index in [1.165, 1.54) is 58.4 Å². The molecule has 4 aromatic heterocycles. The van der Waals surface area contributed by atoms with Crippen molar-refractivity contribution in [1.29, 1.82) is 0 Å². The van der Waals surface area contributed by atoms with Crippen molar-refractivity contribution in [3.63, 3.8) is 0 Å². The monoisotopic (exact) mass is 745 g/mol. The molecule has 0 saturated heterocycles. The Morgan fingerprint density at radius 3 is 1.33 bits per heavy atom. The molecule has 57 heavy (non-hydrogen) atoms. The molecule has 0 N–H and O–H groups in total. The third-order valence-electron chi connectivity index (χ3n) is 11.2. The van der Waals surface area contributed by atoms with Gasteiger partial charge in [0.15, 0.2) is 17.5 Å². The summed E-state index contributed by atoms with van der Waals surface area (Å²) in [7, 11) is 0. The van der Waals surface area contributed by atoms with Crippen LogP contribution in [0.5, 0.6) is 0 Å². The molecule has 12 rings (SSSR count). The molecule has 8 aromatic carbocycles. The van der Waals surface area contributed by atoms with Crippen LogP contribution >= 0.6 is 11.3 Å². The number of aromatic nitrogens is 5. The average molecular weight is 746 g/mol. The SMILES string of the molecule is c1ccc(-c2nc(-c3ccccc3)nc(-c3ccc(-n4c5ccccc5c5c6c7ccccc7n(-c7ccc8sc9ccccc9c8c7)c6ccc54)cc3)n2)cc1. The number of rotatable bonds is 5. The van der Waals surface area contributed by atoms with Gasteiger partial charge in [0, 0.05) is 69.8 Å². The molecule has 6 heteroatoms. The Morgan fingerprint density at radius 2 is 0.754 bits per heavy atom. The van der Waals surface area contributed by atoms with Crippen molar-refractivity contribution in [2.45, 2.75) is 0 Å². The third-order valence-corrected chi connectivity index (χ3v) is 12.3. The molecule has 0 amide bonds. The zero-order valence-corrected chi connectivity index (χ0v) is 31.4. The molecule has 266 valence electrons. The van der Waals surface area contributed by atoms with E-state index >= 15 is 0 Å². The highest BCUT2D eigenvalue weighted by Gasteiger charge is 2.21. The molecule has 0 bridgehead atoms. The normalized spacial score (nSPS) is 11.9. The maximum absolute atomic E-state index is 4.98. The summed E-state index contributed by atoms with van der Waals surface area (Å²) in [4.78, 5) is 14.8. The van der Waals surface area contributed by atoms with Crippen LogP contribution in [-0.4, -0.2) is 24.1 Å². The lowest BCUT2D eigenvalue weighted by Crippen LogP contribution is -2.00. The van der Waals surface area contributed by atoms with Gasteiger partial charge in [0.05, 0.1) is 22.1 Å². The maximum Gasteiger partial charge on any atom is 0.164 e. The first-order chi connectivity index (χ1) is 28.3. The van der Waals surface area contributed by atoms with Crippen LogP contribution in [-0.2, 0) is 0 Å². The second kappa shape index (κ2) is 12.6. The first-order valence-electron chi connectivity index (χ1n) is 19.1. The molecule has 0 aliphatic heterocycles. The summed E-state index contributed by atoms with van der Waals surface area (Å²) in [5, 5.41) is 7.58. The topological polar surface area (TPSA) is 48.5 Å². The molecule has 5 nitrogen and oxygen atoms in total. The number of hydrogen-bond acceptors (Lipinski definition) is 4. The summed E-state index contributed by atoms with van der Waals surface area (Å²) in [6.07, 6.45) is 0. The minimum absolute atomic E-state index is 0.639. The second-order valence-corrected chi connectivity index (χ2v) is 15.5. The minimum Gasteiger partial charge on any atom is -0.309 e. The molecular weight excluding hydrogens is 715 g/mol. The Morgan fingerprint density at radius 1 is 0.316 bits per heavy atom. The van der Waals surface area contributed by atoms with Crippen LogP contribution in [0.15, 0.2) is 188 Å². The van der Waals surface area contributed by atoms with Crippen molar-refractivity contribution in [3.05, 3.63) is 188 Å². The van der Waals surface area contributed by atoms with Crippen LogP contribution in [0, 0.1) is 0 Å². The van der Waals surface area contributed by atoms with Gasteiger partial charge in [-0.25, -0.2) is 15.0 Å². The summed E-state index contributed by atoms with van der Waals surface area (Å²) in [6.45, 7) is 0. The van der Waals surface area contributed by atoms with E-state index in [0.29, 0.717) is 17.5 Å². The first-order valence-corrected chi connectivity index (χ1v) is 19.9. The van der Waals surface area contributed by atoms with Gasteiger partial charge in [0.2, 0.25) is 0 Å². The molecule has 0 unspecified atom stereocenters. The van der Waals surface area contributed by atoms with Gasteiger partial charge in [-0.1, -0.05) is 115 Å². The molecule has 4 heterocycles. The standard InChI is InChI=1S/C51H31N5S/c1-3-13-32(14-4-1)49-52-50(33-15-5-2-6-16-33)54-51(53-49)34-23-25-35(26-24-34)55-41-20-10-7-18-38(41)47-43(55)28-29-44-48(47)39-19-8-11-21-42(39)56(44)36-27-30-46-40(31-36)37-17-9-12-22-45(37)57-46/h1-31H. The number of para-hydroxylation sites is 2. The zero-order chi connectivity index (χ0) is 37.5. The quantitative estimate of drug-likeness (QED) is 0.176. The Balaban J connectivity index is 1.04. The molecule has 12 aromatic rings. The van der Waals surface area contributed by atoms with E-state index in [2.05, 4.69) is 137 Å². The van der Waals surface area contributed by atoms with Gasteiger partial charge in [-0.3, -0.25) is 0 Å². The Bertz CT molecular complexity index is 3450. The van der Waals surface area contributed by atoms with Gasteiger partial charge in [-0.05, 0) is 72.8 Å². The second-order valence-electron chi connectivity index (χ2n) is 14.4. The molecular formula is C51H31N5S. The zero-order valence-electron chi connectivity index (χ0n) is 30.5. The van der Waals surface area contributed by atoms with Gasteiger partial charge in [0.25, 0.3) is 0 Å². The van der Waals surface area contributed by atoms with Crippen LogP contribution < -0.4 is 0 Å². The highest BCUT2D eigenvalue weighted by atomic mass is 32.1. The van der Waals surface area contributed by atoms with Gasteiger partial charge in [0.1, 0.15) is 0 Å². The smallest absolute Gasteiger partial charge is 0.164 e. The maximum atomic E-state index is 4.98. The summed E-state index contributed by atoms with van der Waals surface area (Å²) in [5.41, 5.74) is 9.79. The van der Waals surface area contributed by atoms with E-state index in [1.807, 2.05) is 72.0 Å². The highest BCUT2D eigenvalue weighted by Crippen LogP contribution is 2.43. The van der Waals surface area contributed by atoms with Gasteiger partial charge in [-0.2, -0.15) is 0 Å². The van der Waals surface area contributed by atoms with E-state index in [1.54, 1.807) is 0 Å². The number of fused-ring (bicyclic) bond motifs is 10. The fraction of sp³-hybridized carbons (Fsp3) is 0. The number of benzene rings is 8. The van der Waals surface area contributed by atoms with Crippen molar-refractivity contribution in [2.24, 2.45) is 0 Å². The molecule has 0 atom stereocenters. The Hall–Kier alpha value is -7.41. The Kier molecular flexibility index (Phi) is 7.03. The predicted octanol–water partition coefficient (Wildman–Crippen LogP) is 13.4. The molecule has 0 spiro atoms. The fourth-order valence-corrected chi connectivity index (χ4v) is 9.71. The molecule has 0 radical (unpaired) electrons. The molecule has 0 saturated carbocycles.